The molecule has 0 spiro atoms. The summed E-state index contributed by atoms with van der Waals surface area (Å²) < 4.78 is 31.4. The molecule has 1 aromatic carbocycles. The van der Waals surface area contributed by atoms with Gasteiger partial charge in [0.25, 0.3) is 5.56 Å². The van der Waals surface area contributed by atoms with E-state index in [1.807, 2.05) is 6.92 Å². The Morgan fingerprint density at radius 1 is 1.12 bits per heavy atom. The fourth-order valence-corrected chi connectivity index (χ4v) is 5.32. The Hall–Kier alpha value is -4.42. The molecule has 0 saturated heterocycles. The maximum Gasteiger partial charge on any atom is 0.333 e. The van der Waals surface area contributed by atoms with Gasteiger partial charge in [-0.2, -0.15) is 13.9 Å². The van der Waals surface area contributed by atoms with Gasteiger partial charge in [-0.1, -0.05) is 34.0 Å². The van der Waals surface area contributed by atoms with Crippen LogP contribution in [0, 0.1) is 0 Å². The zero-order valence-electron chi connectivity index (χ0n) is 22.1. The molecule has 2 bridgehead atoms. The monoisotopic (exact) mass is 609 g/mol. The van der Waals surface area contributed by atoms with Gasteiger partial charge in [-0.3, -0.25) is 14.3 Å². The van der Waals surface area contributed by atoms with Crippen molar-refractivity contribution < 1.29 is 8.78 Å². The van der Waals surface area contributed by atoms with Crippen molar-refractivity contribution in [3.05, 3.63) is 99.3 Å². The molecule has 1 aliphatic rings. The number of hydrogen-bond donors (Lipinski definition) is 1. The quantitative estimate of drug-likeness (QED) is 0.246. The van der Waals surface area contributed by atoms with Crippen LogP contribution in [0.4, 0.5) is 14.5 Å². The second-order valence-electron chi connectivity index (χ2n) is 9.81. The van der Waals surface area contributed by atoms with E-state index in [0.29, 0.717) is 56.4 Å². The zero-order chi connectivity index (χ0) is 29.4. The topological polar surface area (TPSA) is 108 Å². The van der Waals surface area contributed by atoms with E-state index in [2.05, 4.69) is 30.7 Å². The van der Waals surface area contributed by atoms with Crippen molar-refractivity contribution in [2.45, 2.75) is 38.8 Å². The lowest BCUT2D eigenvalue weighted by atomic mass is 10.00. The van der Waals surface area contributed by atoms with Crippen molar-refractivity contribution in [3.8, 4) is 28.2 Å². The molecule has 14 heteroatoms. The first kappa shape index (κ1) is 27.7. The molecule has 42 heavy (non-hydrogen) atoms. The molecule has 1 aliphatic heterocycles. The van der Waals surface area contributed by atoms with Gasteiger partial charge in [-0.05, 0) is 56.5 Å². The van der Waals surface area contributed by atoms with Gasteiger partial charge in [0.05, 0.1) is 53.2 Å². The Labute approximate surface area is 248 Å². The third-order valence-electron chi connectivity index (χ3n) is 7.02. The average molecular weight is 610 g/mol. The van der Waals surface area contributed by atoms with Gasteiger partial charge in [-0.25, -0.2) is 14.3 Å². The van der Waals surface area contributed by atoms with E-state index in [1.54, 1.807) is 42.7 Å². The molecule has 5 aromatic rings. The Balaban J connectivity index is 1.44. The van der Waals surface area contributed by atoms with Gasteiger partial charge >= 0.3 is 6.55 Å². The molecule has 4 aromatic heterocycles. The fraction of sp³-hybridized carbons (Fsp3) is 0.214. The standard InChI is InChI=1S/C28H23Cl2F2N9O/c1-16-3-2-4-24(21-9-17(7-8-33-21)27-22(34-12-16)13-36-41(27)28(31)32)39-15-35-20(11-26(39)42)19-10-18(29)5-6-23(19)40-14-25(30)37-38-40/h5-15,24,28,34H,2-4H2,1H3/t24-/m0/s1. The average Bonchev–Trinajstić information content (AvgIpc) is 3.60. The Morgan fingerprint density at radius 2 is 1.98 bits per heavy atom. The van der Waals surface area contributed by atoms with E-state index in [0.717, 1.165) is 12.0 Å². The van der Waals surface area contributed by atoms with Crippen molar-refractivity contribution in [1.29, 1.82) is 0 Å². The number of nitrogens with zero attached hydrogens (tertiary/aromatic N) is 8. The Kier molecular flexibility index (Phi) is 7.56. The summed E-state index contributed by atoms with van der Waals surface area (Å²) in [4.78, 5) is 22.8. The van der Waals surface area contributed by atoms with Gasteiger partial charge in [-0.15, -0.1) is 5.10 Å². The number of halogens is 4. The van der Waals surface area contributed by atoms with E-state index in [4.69, 9.17) is 23.2 Å². The van der Waals surface area contributed by atoms with Crippen molar-refractivity contribution in [2.75, 3.05) is 5.32 Å². The number of anilines is 1. The van der Waals surface area contributed by atoms with Crippen molar-refractivity contribution in [2.24, 2.45) is 0 Å². The molecule has 1 atom stereocenters. The molecule has 1 N–H and O–H groups in total. The second-order valence-corrected chi connectivity index (χ2v) is 10.6. The lowest BCUT2D eigenvalue weighted by Crippen LogP contribution is -2.26. The summed E-state index contributed by atoms with van der Waals surface area (Å²) in [6.45, 7) is -0.888. The minimum absolute atomic E-state index is 0.209. The first-order valence-electron chi connectivity index (χ1n) is 13.0. The maximum absolute atomic E-state index is 13.9. The van der Waals surface area contributed by atoms with Crippen LogP contribution < -0.4 is 10.9 Å². The highest BCUT2D eigenvalue weighted by atomic mass is 35.5. The lowest BCUT2D eigenvalue weighted by molar-refractivity contribution is 0.0585. The minimum atomic E-state index is -2.84. The molecule has 6 rings (SSSR count). The third kappa shape index (κ3) is 5.42. The number of allylic oxidation sites excluding steroid dienone is 1. The SMILES string of the molecule is CC1=CNc2cnn(C(F)F)c2-c2ccnc(c2)[C@@H](n2cnc(-c3cc(Cl)ccc3-n3cc(Cl)nn3)cc2=O)CCC1. The zero-order valence-corrected chi connectivity index (χ0v) is 23.6. The summed E-state index contributed by atoms with van der Waals surface area (Å²) >= 11 is 12.3. The highest BCUT2D eigenvalue weighted by Gasteiger charge is 2.23. The number of nitrogens with one attached hydrogen (secondary N) is 1. The van der Waals surface area contributed by atoms with E-state index in [-0.39, 0.29) is 16.4 Å². The van der Waals surface area contributed by atoms with Crippen molar-refractivity contribution >= 4 is 28.9 Å². The summed E-state index contributed by atoms with van der Waals surface area (Å²) in [6.07, 6.45) is 9.74. The predicted molar refractivity (Wildman–Crippen MR) is 155 cm³/mol. The van der Waals surface area contributed by atoms with Crippen LogP contribution in [0.1, 0.15) is 44.5 Å². The number of rotatable bonds is 4. The van der Waals surface area contributed by atoms with Crippen LogP contribution in [-0.4, -0.2) is 39.3 Å². The van der Waals surface area contributed by atoms with Crippen molar-refractivity contribution in [3.63, 3.8) is 0 Å². The molecule has 0 amide bonds. The fourth-order valence-electron chi connectivity index (χ4n) is 5.02. The van der Waals surface area contributed by atoms with Crippen LogP contribution in [0.2, 0.25) is 10.2 Å². The third-order valence-corrected chi connectivity index (χ3v) is 7.43. The minimum Gasteiger partial charge on any atom is -0.359 e. The normalized spacial score (nSPS) is 15.4. The van der Waals surface area contributed by atoms with E-state index in [1.165, 1.54) is 34.0 Å². The number of alkyl halides is 2. The Morgan fingerprint density at radius 3 is 2.74 bits per heavy atom. The highest BCUT2D eigenvalue weighted by molar-refractivity contribution is 6.31. The molecule has 0 saturated carbocycles. The van der Waals surface area contributed by atoms with Gasteiger partial charge in [0.15, 0.2) is 5.15 Å². The van der Waals surface area contributed by atoms with Crippen LogP contribution in [0.25, 0.3) is 28.2 Å². The summed E-state index contributed by atoms with van der Waals surface area (Å²) in [7, 11) is 0. The number of pyridine rings is 1. The maximum atomic E-state index is 13.9. The molecule has 5 heterocycles. The highest BCUT2D eigenvalue weighted by Crippen LogP contribution is 2.35. The van der Waals surface area contributed by atoms with Crippen LogP contribution in [0.5, 0.6) is 0 Å². The van der Waals surface area contributed by atoms with E-state index in [9.17, 15) is 13.6 Å². The molecule has 0 fully saturated rings. The summed E-state index contributed by atoms with van der Waals surface area (Å²) in [5.74, 6) is 0. The van der Waals surface area contributed by atoms with Crippen LogP contribution in [0.15, 0.2) is 77.9 Å². The number of benzene rings is 1. The number of aromatic nitrogens is 8. The molecule has 0 aliphatic carbocycles. The first-order valence-corrected chi connectivity index (χ1v) is 13.7. The van der Waals surface area contributed by atoms with Crippen LogP contribution >= 0.6 is 23.2 Å². The summed E-state index contributed by atoms with van der Waals surface area (Å²) in [5.41, 5.74) is 3.93. The molecule has 214 valence electrons. The molecule has 0 unspecified atom stereocenters. The Bertz CT molecular complexity index is 1860. The molecule has 10 nitrogen and oxygen atoms in total. The number of fused-ring (bicyclic) bond motifs is 4. The summed E-state index contributed by atoms with van der Waals surface area (Å²) in [5, 5.41) is 15.5. The van der Waals surface area contributed by atoms with Crippen LogP contribution in [-0.2, 0) is 0 Å². The first-order chi connectivity index (χ1) is 20.3. The van der Waals surface area contributed by atoms with Gasteiger partial charge < -0.3 is 5.32 Å². The van der Waals surface area contributed by atoms with Crippen molar-refractivity contribution in [1.82, 2.24) is 39.3 Å². The van der Waals surface area contributed by atoms with E-state index < -0.39 is 12.6 Å². The molecular formula is C28H23Cl2F2N9O. The van der Waals surface area contributed by atoms with Gasteiger partial charge in [0.2, 0.25) is 0 Å². The smallest absolute Gasteiger partial charge is 0.333 e. The van der Waals surface area contributed by atoms with Gasteiger partial charge in [0, 0.05) is 34.6 Å². The molecule has 0 radical (unpaired) electrons. The number of hydrogen-bond acceptors (Lipinski definition) is 7. The largest absolute Gasteiger partial charge is 0.359 e. The molecular weight excluding hydrogens is 587 g/mol. The van der Waals surface area contributed by atoms with Gasteiger partial charge in [0.1, 0.15) is 0 Å². The predicted octanol–water partition coefficient (Wildman–Crippen LogP) is 6.54. The summed E-state index contributed by atoms with van der Waals surface area (Å²) in [6, 6.07) is 9.40. The second kappa shape index (κ2) is 11.5. The lowest BCUT2D eigenvalue weighted by Gasteiger charge is -2.21. The van der Waals surface area contributed by atoms with E-state index >= 15 is 0 Å². The van der Waals surface area contributed by atoms with Crippen LogP contribution in [0.3, 0.4) is 0 Å².